The number of amides is 1. The zero-order chi connectivity index (χ0) is 22.4. The number of sulfonamides is 1. The molecule has 1 heterocycles. The molecule has 31 heavy (non-hydrogen) atoms. The molecule has 0 bridgehead atoms. The van der Waals surface area contributed by atoms with Crippen LogP contribution in [-0.2, 0) is 21.2 Å². The normalized spacial score (nSPS) is 17.5. The second-order valence-electron chi connectivity index (χ2n) is 7.67. The van der Waals surface area contributed by atoms with Crippen LogP contribution in [0, 0.1) is 5.82 Å². The number of nitrogens with two attached hydrogens (primary N) is 1. The molecule has 0 radical (unpaired) electrons. The molecule has 3 N–H and O–H groups in total. The molecule has 0 aromatic heterocycles. The van der Waals surface area contributed by atoms with E-state index in [1.807, 2.05) is 0 Å². The highest BCUT2D eigenvalue weighted by Gasteiger charge is 2.30. The maximum atomic E-state index is 13.8. The summed E-state index contributed by atoms with van der Waals surface area (Å²) in [5.41, 5.74) is 6.58. The van der Waals surface area contributed by atoms with Gasteiger partial charge in [-0.05, 0) is 55.2 Å². The van der Waals surface area contributed by atoms with E-state index in [9.17, 15) is 17.6 Å². The molecule has 1 amide bonds. The third kappa shape index (κ3) is 6.03. The largest absolute Gasteiger partial charge is 0.497 e. The van der Waals surface area contributed by atoms with Crippen LogP contribution in [0.5, 0.6) is 5.75 Å². The quantitative estimate of drug-likeness (QED) is 0.610. The van der Waals surface area contributed by atoms with Crippen LogP contribution in [-0.4, -0.2) is 51.5 Å². The molecule has 2 aromatic carbocycles. The van der Waals surface area contributed by atoms with E-state index in [2.05, 4.69) is 4.72 Å². The highest BCUT2D eigenvalue weighted by Crippen LogP contribution is 2.20. The molecule has 0 unspecified atom stereocenters. The molecule has 0 saturated carbocycles. The molecule has 9 heteroatoms. The summed E-state index contributed by atoms with van der Waals surface area (Å²) < 4.78 is 46.6. The van der Waals surface area contributed by atoms with Gasteiger partial charge in [0.2, 0.25) is 15.9 Å². The predicted molar refractivity (Wildman–Crippen MR) is 116 cm³/mol. The smallest absolute Gasteiger partial charge is 0.240 e. The zero-order valence-corrected chi connectivity index (χ0v) is 18.3. The van der Waals surface area contributed by atoms with Crippen LogP contribution < -0.4 is 15.2 Å². The molecular weight excluding hydrogens is 421 g/mol. The van der Waals surface area contributed by atoms with Crippen LogP contribution in [0.25, 0.3) is 0 Å². The standard InChI is InChI=1S/C22H28FN3O4S/c1-30-19-8-10-20(11-9-19)31(28,29)25-15-18-6-4-12-26(18)22(27)14-17(24)13-16-5-2-3-7-21(16)23/h2-3,5,7-11,17-18,25H,4,6,12-15,24H2,1H3/t17-,18+/m1/s1. The number of hydrogen-bond acceptors (Lipinski definition) is 5. The van der Waals surface area contributed by atoms with Crippen LogP contribution in [0.3, 0.4) is 0 Å². The lowest BCUT2D eigenvalue weighted by Crippen LogP contribution is -2.44. The van der Waals surface area contributed by atoms with E-state index in [0.29, 0.717) is 24.3 Å². The Morgan fingerprint density at radius 3 is 2.65 bits per heavy atom. The number of nitrogens with zero attached hydrogens (tertiary/aromatic N) is 1. The van der Waals surface area contributed by atoms with E-state index in [1.165, 1.54) is 25.3 Å². The van der Waals surface area contributed by atoms with Gasteiger partial charge in [0, 0.05) is 31.6 Å². The van der Waals surface area contributed by atoms with Crippen molar-refractivity contribution in [2.45, 2.75) is 42.7 Å². The molecule has 1 aliphatic rings. The Morgan fingerprint density at radius 2 is 1.97 bits per heavy atom. The van der Waals surface area contributed by atoms with Gasteiger partial charge in [-0.25, -0.2) is 17.5 Å². The fraction of sp³-hybridized carbons (Fsp3) is 0.409. The minimum absolute atomic E-state index is 0.0794. The van der Waals surface area contributed by atoms with Gasteiger partial charge >= 0.3 is 0 Å². The van der Waals surface area contributed by atoms with Crippen LogP contribution in [0.2, 0.25) is 0 Å². The van der Waals surface area contributed by atoms with Gasteiger partial charge in [0.15, 0.2) is 0 Å². The molecule has 1 fully saturated rings. The van der Waals surface area contributed by atoms with Gasteiger partial charge in [0.25, 0.3) is 0 Å². The highest BCUT2D eigenvalue weighted by atomic mass is 32.2. The number of methoxy groups -OCH3 is 1. The Kier molecular flexibility index (Phi) is 7.64. The summed E-state index contributed by atoms with van der Waals surface area (Å²) in [5.74, 6) is 0.0885. The fourth-order valence-corrected chi connectivity index (χ4v) is 4.85. The van der Waals surface area contributed by atoms with Gasteiger partial charge in [0.05, 0.1) is 12.0 Å². The molecule has 1 saturated heterocycles. The first-order valence-electron chi connectivity index (χ1n) is 10.2. The minimum atomic E-state index is -3.70. The molecule has 168 valence electrons. The summed E-state index contributed by atoms with van der Waals surface area (Å²) >= 11 is 0. The third-order valence-electron chi connectivity index (χ3n) is 5.45. The van der Waals surface area contributed by atoms with Crippen molar-refractivity contribution in [3.8, 4) is 5.75 Å². The second kappa shape index (κ2) is 10.2. The van der Waals surface area contributed by atoms with Gasteiger partial charge in [0.1, 0.15) is 11.6 Å². The Morgan fingerprint density at radius 1 is 1.26 bits per heavy atom. The first-order chi connectivity index (χ1) is 14.8. The number of nitrogens with one attached hydrogen (secondary N) is 1. The van der Waals surface area contributed by atoms with Gasteiger partial charge in [-0.15, -0.1) is 0 Å². The van der Waals surface area contributed by atoms with Crippen molar-refractivity contribution >= 4 is 15.9 Å². The van der Waals surface area contributed by atoms with E-state index in [0.717, 1.165) is 6.42 Å². The predicted octanol–water partition coefficient (Wildman–Crippen LogP) is 2.06. The van der Waals surface area contributed by atoms with E-state index in [4.69, 9.17) is 10.5 Å². The van der Waals surface area contributed by atoms with E-state index >= 15 is 0 Å². The number of likely N-dealkylation sites (tertiary alicyclic amines) is 1. The van der Waals surface area contributed by atoms with Crippen molar-refractivity contribution in [2.75, 3.05) is 20.2 Å². The Balaban J connectivity index is 1.56. The monoisotopic (exact) mass is 449 g/mol. The van der Waals surface area contributed by atoms with Crippen molar-refractivity contribution in [3.63, 3.8) is 0 Å². The average Bonchev–Trinajstić information content (AvgIpc) is 3.23. The average molecular weight is 450 g/mol. The van der Waals surface area contributed by atoms with Crippen molar-refractivity contribution in [3.05, 3.63) is 59.9 Å². The van der Waals surface area contributed by atoms with Crippen molar-refractivity contribution in [1.82, 2.24) is 9.62 Å². The minimum Gasteiger partial charge on any atom is -0.497 e. The molecule has 1 aliphatic heterocycles. The summed E-state index contributed by atoms with van der Waals surface area (Å²) in [6.07, 6.45) is 1.85. The number of carbonyl (C=O) groups is 1. The molecule has 0 spiro atoms. The number of ether oxygens (including phenoxy) is 1. The maximum absolute atomic E-state index is 13.8. The maximum Gasteiger partial charge on any atom is 0.240 e. The van der Waals surface area contributed by atoms with E-state index < -0.39 is 16.1 Å². The number of rotatable bonds is 9. The fourth-order valence-electron chi connectivity index (χ4n) is 3.78. The molecule has 3 rings (SSSR count). The summed E-state index contributed by atoms with van der Waals surface area (Å²) in [4.78, 5) is 14.6. The summed E-state index contributed by atoms with van der Waals surface area (Å²) in [5, 5.41) is 0. The first-order valence-corrected chi connectivity index (χ1v) is 11.7. The molecule has 7 nitrogen and oxygen atoms in total. The Labute approximate surface area is 182 Å². The van der Waals surface area contributed by atoms with E-state index in [-0.39, 0.29) is 42.0 Å². The molecule has 2 atom stereocenters. The van der Waals surface area contributed by atoms with E-state index in [1.54, 1.807) is 35.2 Å². The third-order valence-corrected chi connectivity index (χ3v) is 6.89. The second-order valence-corrected chi connectivity index (χ2v) is 9.44. The highest BCUT2D eigenvalue weighted by molar-refractivity contribution is 7.89. The van der Waals surface area contributed by atoms with Crippen LogP contribution in [0.15, 0.2) is 53.4 Å². The van der Waals surface area contributed by atoms with Gasteiger partial charge in [-0.3, -0.25) is 4.79 Å². The van der Waals surface area contributed by atoms with Crippen LogP contribution in [0.1, 0.15) is 24.8 Å². The topological polar surface area (TPSA) is 102 Å². The Hall–Kier alpha value is -2.49. The van der Waals surface area contributed by atoms with Crippen LogP contribution >= 0.6 is 0 Å². The summed E-state index contributed by atoms with van der Waals surface area (Å²) in [7, 11) is -2.19. The van der Waals surface area contributed by atoms with Gasteiger partial charge in [-0.2, -0.15) is 0 Å². The SMILES string of the molecule is COc1ccc(S(=O)(=O)NC[C@@H]2CCCN2C(=O)C[C@H](N)Cc2ccccc2F)cc1. The lowest BCUT2D eigenvalue weighted by Gasteiger charge is -2.26. The zero-order valence-electron chi connectivity index (χ0n) is 17.5. The lowest BCUT2D eigenvalue weighted by molar-refractivity contribution is -0.132. The van der Waals surface area contributed by atoms with Gasteiger partial charge in [-0.1, -0.05) is 18.2 Å². The van der Waals surface area contributed by atoms with Crippen LogP contribution in [0.4, 0.5) is 4.39 Å². The number of carbonyl (C=O) groups excluding carboxylic acids is 1. The molecular formula is C22H28FN3O4S. The first kappa shape index (κ1) is 23.2. The number of halogens is 1. The van der Waals surface area contributed by atoms with Gasteiger partial charge < -0.3 is 15.4 Å². The van der Waals surface area contributed by atoms with Crippen molar-refractivity contribution in [1.29, 1.82) is 0 Å². The summed E-state index contributed by atoms with van der Waals surface area (Å²) in [6, 6.07) is 11.7. The van der Waals surface area contributed by atoms with Crippen molar-refractivity contribution in [2.24, 2.45) is 5.73 Å². The summed E-state index contributed by atoms with van der Waals surface area (Å²) in [6.45, 7) is 0.683. The number of benzene rings is 2. The van der Waals surface area contributed by atoms with Crippen molar-refractivity contribution < 1.29 is 22.3 Å². The molecule has 0 aliphatic carbocycles. The molecule has 2 aromatic rings. The lowest BCUT2D eigenvalue weighted by atomic mass is 10.0. The Bertz CT molecular complexity index is 998. The number of hydrogen-bond donors (Lipinski definition) is 2.